The van der Waals surface area contributed by atoms with Crippen molar-refractivity contribution in [2.45, 2.75) is 49.8 Å². The summed E-state index contributed by atoms with van der Waals surface area (Å²) in [6, 6.07) is -0.863. The Labute approximate surface area is 319 Å². The van der Waals surface area contributed by atoms with E-state index in [4.69, 9.17) is 25.5 Å². The van der Waals surface area contributed by atoms with Gasteiger partial charge in [0.2, 0.25) is 11.9 Å². The fourth-order valence-corrected chi connectivity index (χ4v) is 9.53. The van der Waals surface area contributed by atoms with Crippen LogP contribution in [-0.2, 0) is 40.8 Å². The maximum absolute atomic E-state index is 12.8. The summed E-state index contributed by atoms with van der Waals surface area (Å²) in [5.41, 5.74) is 9.67. The van der Waals surface area contributed by atoms with Gasteiger partial charge >= 0.3 is 23.5 Å². The van der Waals surface area contributed by atoms with Crippen LogP contribution < -0.4 is 32.8 Å². The number of aliphatic hydroxyl groups excluding tert-OH is 4. The fourth-order valence-electron chi connectivity index (χ4n) is 5.99. The van der Waals surface area contributed by atoms with Gasteiger partial charge in [0.25, 0.3) is 11.1 Å². The van der Waals surface area contributed by atoms with Crippen molar-refractivity contribution in [3.05, 3.63) is 27.0 Å². The van der Waals surface area contributed by atoms with E-state index in [1.807, 2.05) is 0 Å². The molecule has 5 rings (SSSR count). The molecule has 0 spiro atoms. The number of nitrogens with two attached hydrogens (primary N) is 2. The van der Waals surface area contributed by atoms with Crippen LogP contribution in [0.2, 0.25) is 0 Å². The minimum Gasteiger partial charge on any atom is -0.395 e. The molecule has 0 saturated carbocycles. The number of aromatic nitrogens is 6. The molecule has 32 heteroatoms. The van der Waals surface area contributed by atoms with Crippen molar-refractivity contribution in [1.82, 2.24) is 34.4 Å². The second-order valence-electron chi connectivity index (χ2n) is 12.4. The lowest BCUT2D eigenvalue weighted by Gasteiger charge is -2.45. The van der Waals surface area contributed by atoms with Crippen LogP contribution in [0.1, 0.15) is 13.2 Å². The molecule has 14 N–H and O–H groups in total. The predicted octanol–water partition coefficient (Wildman–Crippen LogP) is -3.70. The van der Waals surface area contributed by atoms with Crippen LogP contribution in [-0.4, -0.2) is 159 Å². The molecule has 7 unspecified atom stereocenters. The number of H-pyrrole nitrogens is 2. The summed E-state index contributed by atoms with van der Waals surface area (Å²) < 4.78 is 68.5. The molecule has 29 nitrogen and oxygen atoms in total. The van der Waals surface area contributed by atoms with Crippen molar-refractivity contribution in [3.63, 3.8) is 0 Å². The fraction of sp³-hybridized carbons (Fsp3) is 0.640. The molecule has 320 valence electrons. The lowest BCUT2D eigenvalue weighted by atomic mass is 10.1. The van der Waals surface area contributed by atoms with Gasteiger partial charge in [-0.3, -0.25) is 38.1 Å². The van der Waals surface area contributed by atoms with Crippen LogP contribution in [0.3, 0.4) is 0 Å². The number of nitrogen functional groups attached to an aromatic ring is 2. The number of fused-ring (bicyclic) bond motifs is 1. The van der Waals surface area contributed by atoms with Crippen LogP contribution in [0, 0.1) is 0 Å². The highest BCUT2D eigenvalue weighted by molar-refractivity contribution is 7.66. The molecule has 9 atom stereocenters. The van der Waals surface area contributed by atoms with E-state index >= 15 is 0 Å². The topological polar surface area (TPSA) is 428 Å². The summed E-state index contributed by atoms with van der Waals surface area (Å²) in [5.74, 6) is -0.476. The van der Waals surface area contributed by atoms with E-state index in [2.05, 4.69) is 43.4 Å². The number of morpholine rings is 1. The second-order valence-corrected chi connectivity index (χ2v) is 17.0. The molecule has 0 radical (unpaired) electrons. The SMILES string of the molecule is CCN(c1nc(N)[nH]c(=O)c1NC)C1CN(C(CO)CO)CC(COP(=O)(O)OP(=O)(O)OP(=O)(O)OCC2OC(n3cnc4c(=O)[nH]c(N)nc43)[C@H](O)[C@@H]2O)O1. The van der Waals surface area contributed by atoms with Gasteiger partial charge in [0.15, 0.2) is 23.2 Å². The highest BCUT2D eigenvalue weighted by atomic mass is 31.3. The first kappa shape index (κ1) is 44.7. The molecule has 2 aliphatic rings. The molecule has 57 heavy (non-hydrogen) atoms. The van der Waals surface area contributed by atoms with Gasteiger partial charge in [0.05, 0.1) is 44.9 Å². The highest BCUT2D eigenvalue weighted by Crippen LogP contribution is 2.67. The lowest BCUT2D eigenvalue weighted by molar-refractivity contribution is -0.119. The van der Waals surface area contributed by atoms with Gasteiger partial charge in [-0.15, -0.1) is 0 Å². The standard InChI is InChI=1S/C25H42N11O18P3/c1-3-35(19-15(28-2)21(41)32-24(26)30-19)14-5-34(11(6-37)7-38)4-12(51-14)8-49-55(43,44)53-57(47,48)54-56(45,46)50-9-13-17(39)18(40)23(52-13)36-10-29-16-20(36)31-25(27)33-22(16)42/h10-14,17-18,23,28,37-40H,3-9H2,1-2H3,(H,43,44)(H,45,46)(H,47,48)(H3,26,30,32,41)(H3,27,31,33,42)/t12?,13?,14?,17-,18-,23?/m1/s1. The molecule has 0 aliphatic carbocycles. The normalized spacial score (nSPS) is 26.3. The van der Waals surface area contributed by atoms with Crippen LogP contribution >= 0.6 is 23.5 Å². The summed E-state index contributed by atoms with van der Waals surface area (Å²) in [4.78, 5) is 74.8. The van der Waals surface area contributed by atoms with E-state index in [1.165, 1.54) is 11.9 Å². The van der Waals surface area contributed by atoms with Crippen LogP contribution in [0.5, 0.6) is 0 Å². The van der Waals surface area contributed by atoms with Gasteiger partial charge in [-0.25, -0.2) is 18.7 Å². The molecule has 2 fully saturated rings. The maximum Gasteiger partial charge on any atom is 0.490 e. The third-order valence-electron chi connectivity index (χ3n) is 8.55. The van der Waals surface area contributed by atoms with Crippen molar-refractivity contribution >= 4 is 58.0 Å². The van der Waals surface area contributed by atoms with E-state index in [-0.39, 0.29) is 54.2 Å². The first-order chi connectivity index (χ1) is 26.7. The molecule has 0 amide bonds. The Kier molecular flexibility index (Phi) is 14.0. The van der Waals surface area contributed by atoms with Crippen molar-refractivity contribution in [1.29, 1.82) is 0 Å². The molecule has 5 heterocycles. The number of hydrogen-bond acceptors (Lipinski definition) is 23. The Hall–Kier alpha value is -3.44. The van der Waals surface area contributed by atoms with Crippen molar-refractivity contribution in [2.24, 2.45) is 0 Å². The van der Waals surface area contributed by atoms with Gasteiger partial charge in [-0.2, -0.15) is 18.6 Å². The Bertz CT molecular complexity index is 2150. The van der Waals surface area contributed by atoms with Gasteiger partial charge in [0, 0.05) is 26.7 Å². The highest BCUT2D eigenvalue weighted by Gasteiger charge is 2.48. The molecular formula is C25H42N11O18P3. The van der Waals surface area contributed by atoms with Crippen molar-refractivity contribution in [3.8, 4) is 0 Å². The summed E-state index contributed by atoms with van der Waals surface area (Å²) in [5, 5.41) is 43.5. The largest absolute Gasteiger partial charge is 0.490 e. The molecular weight excluding hydrogens is 835 g/mol. The first-order valence-corrected chi connectivity index (χ1v) is 21.1. The summed E-state index contributed by atoms with van der Waals surface area (Å²) in [7, 11) is -15.9. The summed E-state index contributed by atoms with van der Waals surface area (Å²) in [6.07, 6.45) is -7.86. The zero-order valence-corrected chi connectivity index (χ0v) is 32.6. The maximum atomic E-state index is 12.8. The number of imidazole rings is 1. The van der Waals surface area contributed by atoms with Crippen LogP contribution in [0.4, 0.5) is 23.4 Å². The lowest BCUT2D eigenvalue weighted by Crippen LogP contribution is -2.59. The van der Waals surface area contributed by atoms with E-state index in [1.54, 1.807) is 11.8 Å². The minimum atomic E-state index is -5.99. The van der Waals surface area contributed by atoms with E-state index < -0.39 is 104 Å². The quantitative estimate of drug-likeness (QED) is 0.0547. The number of aromatic amines is 2. The number of phosphoric acid groups is 3. The predicted molar refractivity (Wildman–Crippen MR) is 192 cm³/mol. The van der Waals surface area contributed by atoms with E-state index in [0.717, 1.165) is 10.9 Å². The number of phosphoric ester groups is 2. The van der Waals surface area contributed by atoms with Crippen molar-refractivity contribution < 1.29 is 75.9 Å². The average molecular weight is 878 g/mol. The van der Waals surface area contributed by atoms with E-state index in [9.17, 15) is 58.4 Å². The summed E-state index contributed by atoms with van der Waals surface area (Å²) >= 11 is 0. The number of likely N-dealkylation sites (N-methyl/N-ethyl adjacent to an activating group) is 1. The van der Waals surface area contributed by atoms with Crippen molar-refractivity contribution in [2.75, 3.05) is 74.8 Å². The second kappa shape index (κ2) is 17.8. The molecule has 2 saturated heterocycles. The number of hydrogen-bond donors (Lipinski definition) is 12. The zero-order valence-electron chi connectivity index (χ0n) is 29.9. The number of ether oxygens (including phenoxy) is 2. The van der Waals surface area contributed by atoms with Gasteiger partial charge in [0.1, 0.15) is 30.2 Å². The first-order valence-electron chi connectivity index (χ1n) is 16.6. The minimum absolute atomic E-state index is 0.0110. The zero-order chi connectivity index (χ0) is 42.0. The Balaban J connectivity index is 1.21. The number of anilines is 4. The monoisotopic (exact) mass is 877 g/mol. The molecule has 0 bridgehead atoms. The Morgan fingerprint density at radius 3 is 2.18 bits per heavy atom. The number of nitrogens with zero attached hydrogens (tertiary/aromatic N) is 6. The molecule has 3 aromatic heterocycles. The third-order valence-corrected chi connectivity index (χ3v) is 12.8. The molecule has 3 aromatic rings. The van der Waals surface area contributed by atoms with Gasteiger partial charge in [-0.1, -0.05) is 0 Å². The van der Waals surface area contributed by atoms with Gasteiger partial charge < -0.3 is 66.3 Å². The smallest absolute Gasteiger partial charge is 0.395 e. The number of nitrogens with one attached hydrogen (secondary N) is 3. The van der Waals surface area contributed by atoms with Crippen LogP contribution in [0.25, 0.3) is 11.2 Å². The van der Waals surface area contributed by atoms with E-state index in [0.29, 0.717) is 0 Å². The number of aliphatic hydroxyl groups is 4. The summed E-state index contributed by atoms with van der Waals surface area (Å²) in [6.45, 7) is -1.32. The Morgan fingerprint density at radius 2 is 1.56 bits per heavy atom. The molecule has 0 aromatic carbocycles. The van der Waals surface area contributed by atoms with Gasteiger partial charge in [-0.05, 0) is 6.92 Å². The molecule has 2 aliphatic heterocycles. The third kappa shape index (κ3) is 10.4. The average Bonchev–Trinajstić information content (AvgIpc) is 3.66. The Morgan fingerprint density at radius 1 is 0.947 bits per heavy atom. The van der Waals surface area contributed by atoms with Crippen LogP contribution in [0.15, 0.2) is 15.9 Å². The number of rotatable bonds is 18.